The summed E-state index contributed by atoms with van der Waals surface area (Å²) < 4.78 is 0.594. The molecule has 110 valence electrons. The number of rotatable bonds is 4. The third-order valence-electron chi connectivity index (χ3n) is 3.30. The second-order valence-corrected chi connectivity index (χ2v) is 5.70. The van der Waals surface area contributed by atoms with Crippen LogP contribution in [0.1, 0.15) is 16.7 Å². The predicted molar refractivity (Wildman–Crippen MR) is 85.7 cm³/mol. The van der Waals surface area contributed by atoms with Gasteiger partial charge in [0.15, 0.2) is 0 Å². The number of anilines is 1. The Morgan fingerprint density at radius 1 is 1.24 bits per heavy atom. The molecule has 0 fully saturated rings. The van der Waals surface area contributed by atoms with Crippen LogP contribution in [0, 0.1) is 24.0 Å². The van der Waals surface area contributed by atoms with Gasteiger partial charge in [0.05, 0.1) is 9.40 Å². The number of nitro groups is 1. The lowest BCUT2D eigenvalue weighted by atomic mass is 10.1. The van der Waals surface area contributed by atoms with E-state index in [1.807, 2.05) is 13.8 Å². The number of nitrogens with zero attached hydrogens (tertiary/aromatic N) is 1. The summed E-state index contributed by atoms with van der Waals surface area (Å²) in [7, 11) is 0. The summed E-state index contributed by atoms with van der Waals surface area (Å²) in [6, 6.07) is 8.47. The summed E-state index contributed by atoms with van der Waals surface area (Å²) in [5.74, 6) is 0.163. The summed E-state index contributed by atoms with van der Waals surface area (Å²) >= 11 is 3.25. The Kier molecular flexibility index (Phi) is 4.47. The van der Waals surface area contributed by atoms with Gasteiger partial charge < -0.3 is 10.4 Å². The monoisotopic (exact) mass is 350 g/mol. The second-order valence-electron chi connectivity index (χ2n) is 4.85. The highest BCUT2D eigenvalue weighted by Crippen LogP contribution is 2.29. The molecule has 0 aliphatic heterocycles. The lowest BCUT2D eigenvalue weighted by Gasteiger charge is -2.10. The van der Waals surface area contributed by atoms with E-state index in [0.29, 0.717) is 16.7 Å². The van der Waals surface area contributed by atoms with Crippen LogP contribution >= 0.6 is 15.9 Å². The molecule has 0 amide bonds. The normalized spacial score (nSPS) is 10.4. The molecule has 0 bridgehead atoms. The SMILES string of the molecule is Cc1cc(NCc2ccc(O)c(Br)c2)c([N+](=O)[O-])cc1C. The molecule has 0 spiro atoms. The van der Waals surface area contributed by atoms with Crippen molar-refractivity contribution in [2.24, 2.45) is 0 Å². The highest BCUT2D eigenvalue weighted by Gasteiger charge is 2.15. The van der Waals surface area contributed by atoms with E-state index in [4.69, 9.17) is 0 Å². The molecule has 5 nitrogen and oxygen atoms in total. The Balaban J connectivity index is 2.24. The Morgan fingerprint density at radius 3 is 2.52 bits per heavy atom. The van der Waals surface area contributed by atoms with Gasteiger partial charge in [-0.2, -0.15) is 0 Å². The van der Waals surface area contributed by atoms with Crippen molar-refractivity contribution in [3.05, 3.63) is 61.6 Å². The van der Waals surface area contributed by atoms with E-state index < -0.39 is 0 Å². The molecule has 0 aliphatic carbocycles. The van der Waals surface area contributed by atoms with Gasteiger partial charge in [0, 0.05) is 12.6 Å². The molecule has 0 saturated carbocycles. The fourth-order valence-corrected chi connectivity index (χ4v) is 2.38. The molecule has 0 saturated heterocycles. The van der Waals surface area contributed by atoms with Crippen LogP contribution in [0.3, 0.4) is 0 Å². The first-order valence-corrected chi connectivity index (χ1v) is 7.14. The maximum absolute atomic E-state index is 11.1. The summed E-state index contributed by atoms with van der Waals surface area (Å²) in [4.78, 5) is 10.7. The van der Waals surface area contributed by atoms with Crippen molar-refractivity contribution < 1.29 is 10.0 Å². The van der Waals surface area contributed by atoms with Crippen LogP contribution in [0.4, 0.5) is 11.4 Å². The number of hydrogen-bond acceptors (Lipinski definition) is 4. The molecule has 0 radical (unpaired) electrons. The number of benzene rings is 2. The minimum atomic E-state index is -0.387. The summed E-state index contributed by atoms with van der Waals surface area (Å²) in [6.45, 7) is 4.20. The number of hydrogen-bond donors (Lipinski definition) is 2. The maximum Gasteiger partial charge on any atom is 0.292 e. The van der Waals surface area contributed by atoms with Gasteiger partial charge in [0.2, 0.25) is 0 Å². The third-order valence-corrected chi connectivity index (χ3v) is 3.94. The molecule has 0 aromatic heterocycles. The van der Waals surface area contributed by atoms with Gasteiger partial charge in [-0.1, -0.05) is 6.07 Å². The first kappa shape index (κ1) is 15.3. The predicted octanol–water partition coefficient (Wildman–Crippen LogP) is 4.29. The Hall–Kier alpha value is -2.08. The zero-order chi connectivity index (χ0) is 15.6. The second kappa shape index (κ2) is 6.13. The number of halogens is 1. The summed E-state index contributed by atoms with van der Waals surface area (Å²) in [6.07, 6.45) is 0. The van der Waals surface area contributed by atoms with E-state index in [9.17, 15) is 15.2 Å². The molecule has 0 heterocycles. The van der Waals surface area contributed by atoms with Crippen molar-refractivity contribution in [1.29, 1.82) is 0 Å². The Bertz CT molecular complexity index is 702. The zero-order valence-electron chi connectivity index (χ0n) is 11.7. The van der Waals surface area contributed by atoms with E-state index >= 15 is 0 Å². The van der Waals surface area contributed by atoms with Crippen molar-refractivity contribution in [3.63, 3.8) is 0 Å². The number of phenols is 1. The van der Waals surface area contributed by atoms with Crippen molar-refractivity contribution in [3.8, 4) is 5.75 Å². The van der Waals surface area contributed by atoms with Crippen LogP contribution in [-0.4, -0.2) is 10.0 Å². The van der Waals surface area contributed by atoms with Gasteiger partial charge in [-0.3, -0.25) is 10.1 Å². The first-order chi connectivity index (χ1) is 9.88. The maximum atomic E-state index is 11.1. The lowest BCUT2D eigenvalue weighted by molar-refractivity contribution is -0.384. The number of phenolic OH excluding ortho intramolecular Hbond substituents is 1. The molecular formula is C15H15BrN2O3. The minimum Gasteiger partial charge on any atom is -0.507 e. The van der Waals surface area contributed by atoms with Gasteiger partial charge in [-0.25, -0.2) is 0 Å². The van der Waals surface area contributed by atoms with Crippen LogP contribution in [0.15, 0.2) is 34.8 Å². The van der Waals surface area contributed by atoms with Crippen molar-refractivity contribution in [2.75, 3.05) is 5.32 Å². The van der Waals surface area contributed by atoms with Gasteiger partial charge >= 0.3 is 0 Å². The number of nitro benzene ring substituents is 1. The quantitative estimate of drug-likeness (QED) is 0.636. The summed E-state index contributed by atoms with van der Waals surface area (Å²) in [5, 5.41) is 23.7. The van der Waals surface area contributed by atoms with Crippen molar-refractivity contribution in [2.45, 2.75) is 20.4 Å². The Morgan fingerprint density at radius 2 is 1.90 bits per heavy atom. The molecular weight excluding hydrogens is 336 g/mol. The lowest BCUT2D eigenvalue weighted by Crippen LogP contribution is -2.04. The van der Waals surface area contributed by atoms with Gasteiger partial charge in [0.25, 0.3) is 5.69 Å². The van der Waals surface area contributed by atoms with Crippen LogP contribution in [-0.2, 0) is 6.54 Å². The van der Waals surface area contributed by atoms with Crippen LogP contribution < -0.4 is 5.32 Å². The van der Waals surface area contributed by atoms with Gasteiger partial charge in [0.1, 0.15) is 11.4 Å². The molecule has 0 aliphatic rings. The summed E-state index contributed by atoms with van der Waals surface area (Å²) in [5.41, 5.74) is 3.35. The first-order valence-electron chi connectivity index (χ1n) is 6.35. The molecule has 2 aromatic carbocycles. The van der Waals surface area contributed by atoms with Crippen LogP contribution in [0.25, 0.3) is 0 Å². The van der Waals surface area contributed by atoms with E-state index in [-0.39, 0.29) is 16.4 Å². The average Bonchev–Trinajstić information content (AvgIpc) is 2.43. The van der Waals surface area contributed by atoms with E-state index in [1.54, 1.807) is 30.3 Å². The smallest absolute Gasteiger partial charge is 0.292 e. The third kappa shape index (κ3) is 3.52. The fraction of sp³-hybridized carbons (Fsp3) is 0.200. The van der Waals surface area contributed by atoms with Crippen LogP contribution in [0.2, 0.25) is 0 Å². The zero-order valence-corrected chi connectivity index (χ0v) is 13.3. The topological polar surface area (TPSA) is 75.4 Å². The average molecular weight is 351 g/mol. The highest BCUT2D eigenvalue weighted by atomic mass is 79.9. The molecule has 0 unspecified atom stereocenters. The Labute approximate surface area is 130 Å². The molecule has 2 N–H and O–H groups in total. The van der Waals surface area contributed by atoms with E-state index in [1.165, 1.54) is 0 Å². The number of aromatic hydroxyl groups is 1. The molecule has 21 heavy (non-hydrogen) atoms. The minimum absolute atomic E-state index is 0.0657. The molecule has 2 rings (SSSR count). The fourth-order valence-electron chi connectivity index (χ4n) is 1.95. The number of aryl methyl sites for hydroxylation is 2. The largest absolute Gasteiger partial charge is 0.507 e. The molecule has 0 atom stereocenters. The molecule has 2 aromatic rings. The van der Waals surface area contributed by atoms with Crippen LogP contribution in [0.5, 0.6) is 5.75 Å². The van der Waals surface area contributed by atoms with E-state index in [0.717, 1.165) is 16.7 Å². The van der Waals surface area contributed by atoms with Crippen molar-refractivity contribution >= 4 is 27.3 Å². The van der Waals surface area contributed by atoms with E-state index in [2.05, 4.69) is 21.2 Å². The number of nitrogens with one attached hydrogen (secondary N) is 1. The standard InChI is InChI=1S/C15H15BrN2O3/c1-9-5-13(14(18(20)21)6-10(9)2)17-8-11-3-4-15(19)12(16)7-11/h3-7,17,19H,8H2,1-2H3. The van der Waals surface area contributed by atoms with Crippen molar-refractivity contribution in [1.82, 2.24) is 0 Å². The van der Waals surface area contributed by atoms with Gasteiger partial charge in [-0.15, -0.1) is 0 Å². The van der Waals surface area contributed by atoms with Gasteiger partial charge in [-0.05, 0) is 64.7 Å². The highest BCUT2D eigenvalue weighted by molar-refractivity contribution is 9.10. The molecule has 6 heteroatoms.